The zero-order valence-electron chi connectivity index (χ0n) is 16.0. The minimum absolute atomic E-state index is 0.0185. The second-order valence-corrected chi connectivity index (χ2v) is 7.96. The van der Waals surface area contributed by atoms with E-state index in [4.69, 9.17) is 23.2 Å². The predicted molar refractivity (Wildman–Crippen MR) is 109 cm³/mol. The fourth-order valence-corrected chi connectivity index (χ4v) is 3.89. The smallest absolute Gasteiger partial charge is 0.355 e. The van der Waals surface area contributed by atoms with E-state index < -0.39 is 12.0 Å². The maximum absolute atomic E-state index is 13.1. The molecule has 164 valence electrons. The molecule has 0 spiro atoms. The first kappa shape index (κ1) is 21.6. The van der Waals surface area contributed by atoms with Crippen molar-refractivity contribution in [3.8, 4) is 0 Å². The maximum Gasteiger partial charge on any atom is 0.453 e. The second-order valence-electron chi connectivity index (χ2n) is 7.17. The van der Waals surface area contributed by atoms with Gasteiger partial charge in [0, 0.05) is 25.6 Å². The summed E-state index contributed by atoms with van der Waals surface area (Å²) >= 11 is 12.1. The van der Waals surface area contributed by atoms with E-state index in [0.29, 0.717) is 46.3 Å². The highest BCUT2D eigenvalue weighted by atomic mass is 35.5. The molecule has 3 aromatic rings. The van der Waals surface area contributed by atoms with E-state index in [1.54, 1.807) is 24.3 Å². The lowest BCUT2D eigenvalue weighted by Crippen LogP contribution is -2.40. The van der Waals surface area contributed by atoms with Gasteiger partial charge in [-0.3, -0.25) is 4.79 Å². The highest BCUT2D eigenvalue weighted by molar-refractivity contribution is 6.42. The second kappa shape index (κ2) is 8.51. The van der Waals surface area contributed by atoms with Gasteiger partial charge in [0.15, 0.2) is 5.65 Å². The minimum Gasteiger partial charge on any atom is -0.355 e. The largest absolute Gasteiger partial charge is 0.453 e. The molecule has 3 heterocycles. The first-order chi connectivity index (χ1) is 14.7. The Morgan fingerprint density at radius 3 is 2.58 bits per heavy atom. The van der Waals surface area contributed by atoms with Crippen molar-refractivity contribution in [3.63, 3.8) is 0 Å². The molecule has 0 radical (unpaired) electrons. The van der Waals surface area contributed by atoms with Crippen LogP contribution in [-0.2, 0) is 17.5 Å². The Morgan fingerprint density at radius 2 is 1.87 bits per heavy atom. The number of benzene rings is 1. The van der Waals surface area contributed by atoms with Crippen LogP contribution in [0.4, 0.5) is 19.0 Å². The van der Waals surface area contributed by atoms with E-state index >= 15 is 0 Å². The number of carbonyl (C=O) groups is 1. The Hall–Kier alpha value is -2.59. The summed E-state index contributed by atoms with van der Waals surface area (Å²) in [6, 6.07) is 8.27. The summed E-state index contributed by atoms with van der Waals surface area (Å²) < 4.78 is 39.9. The van der Waals surface area contributed by atoms with Crippen LogP contribution in [-0.4, -0.2) is 38.8 Å². The SMILES string of the molecule is O=C(NCc1cccc(Cl)c1Cl)C1CCN(c2ccc3nnc(C(F)(F)F)n3n2)CC1. The van der Waals surface area contributed by atoms with Gasteiger partial charge in [-0.1, -0.05) is 35.3 Å². The first-order valence-electron chi connectivity index (χ1n) is 9.49. The lowest BCUT2D eigenvalue weighted by Gasteiger charge is -2.32. The molecule has 1 aliphatic rings. The van der Waals surface area contributed by atoms with E-state index in [2.05, 4.69) is 20.6 Å². The molecule has 0 saturated carbocycles. The molecular weight excluding hydrogens is 456 g/mol. The van der Waals surface area contributed by atoms with Crippen molar-refractivity contribution in [2.45, 2.75) is 25.6 Å². The molecule has 0 aliphatic carbocycles. The van der Waals surface area contributed by atoms with Gasteiger partial charge in [0.1, 0.15) is 5.82 Å². The molecule has 1 aromatic carbocycles. The van der Waals surface area contributed by atoms with Gasteiger partial charge in [0.25, 0.3) is 5.82 Å². The van der Waals surface area contributed by atoms with Crippen molar-refractivity contribution in [3.05, 3.63) is 51.8 Å². The number of nitrogens with one attached hydrogen (secondary N) is 1. The van der Waals surface area contributed by atoms with Crippen molar-refractivity contribution in [1.29, 1.82) is 0 Å². The van der Waals surface area contributed by atoms with E-state index in [9.17, 15) is 18.0 Å². The van der Waals surface area contributed by atoms with Gasteiger partial charge in [-0.15, -0.1) is 15.3 Å². The van der Waals surface area contributed by atoms with Gasteiger partial charge < -0.3 is 10.2 Å². The highest BCUT2D eigenvalue weighted by Gasteiger charge is 2.38. The Kier molecular flexibility index (Phi) is 5.94. The lowest BCUT2D eigenvalue weighted by molar-refractivity contribution is -0.146. The van der Waals surface area contributed by atoms with Crippen LogP contribution in [0, 0.1) is 5.92 Å². The Morgan fingerprint density at radius 1 is 1.13 bits per heavy atom. The van der Waals surface area contributed by atoms with Gasteiger partial charge in [-0.05, 0) is 36.6 Å². The van der Waals surface area contributed by atoms with Crippen LogP contribution >= 0.6 is 23.2 Å². The third-order valence-corrected chi connectivity index (χ3v) is 6.03. The number of nitrogens with zero attached hydrogens (tertiary/aromatic N) is 5. The van der Waals surface area contributed by atoms with Crippen molar-refractivity contribution in [2.24, 2.45) is 5.92 Å². The zero-order valence-corrected chi connectivity index (χ0v) is 17.5. The molecule has 1 saturated heterocycles. The molecule has 1 fully saturated rings. The van der Waals surface area contributed by atoms with Crippen LogP contribution < -0.4 is 10.2 Å². The number of carbonyl (C=O) groups excluding carboxylic acids is 1. The molecule has 1 N–H and O–H groups in total. The number of aromatic nitrogens is 4. The lowest BCUT2D eigenvalue weighted by atomic mass is 9.96. The van der Waals surface area contributed by atoms with Crippen LogP contribution in [0.5, 0.6) is 0 Å². The molecule has 12 heteroatoms. The fourth-order valence-electron chi connectivity index (χ4n) is 3.51. The van der Waals surface area contributed by atoms with Gasteiger partial charge in [-0.2, -0.15) is 17.7 Å². The number of alkyl halides is 3. The monoisotopic (exact) mass is 472 g/mol. The molecule has 4 rings (SSSR count). The van der Waals surface area contributed by atoms with E-state index in [1.807, 2.05) is 4.90 Å². The summed E-state index contributed by atoms with van der Waals surface area (Å²) in [7, 11) is 0. The quantitative estimate of drug-likeness (QED) is 0.621. The van der Waals surface area contributed by atoms with E-state index in [0.717, 1.165) is 5.56 Å². The molecule has 2 aromatic heterocycles. The molecule has 0 bridgehead atoms. The zero-order chi connectivity index (χ0) is 22.2. The standard InChI is InChI=1S/C19H17Cl2F3N6O/c20-13-3-1-2-12(16(13)21)10-25-17(31)11-6-8-29(9-7-11)15-5-4-14-26-27-18(19(22,23)24)30(14)28-15/h1-5,11H,6-10H2,(H,25,31). The Bertz CT molecular complexity index is 1110. The molecule has 31 heavy (non-hydrogen) atoms. The number of anilines is 1. The van der Waals surface area contributed by atoms with Gasteiger partial charge in [0.05, 0.1) is 10.0 Å². The summed E-state index contributed by atoms with van der Waals surface area (Å²) in [6.07, 6.45) is -3.56. The highest BCUT2D eigenvalue weighted by Crippen LogP contribution is 2.29. The number of amides is 1. The Labute approximate surface area is 185 Å². The van der Waals surface area contributed by atoms with Gasteiger partial charge in [-0.25, -0.2) is 0 Å². The third-order valence-electron chi connectivity index (χ3n) is 5.18. The number of halogens is 5. The van der Waals surface area contributed by atoms with E-state index in [1.165, 1.54) is 6.07 Å². The predicted octanol–water partition coefficient (Wildman–Crippen LogP) is 3.98. The topological polar surface area (TPSA) is 75.4 Å². The molecule has 7 nitrogen and oxygen atoms in total. The summed E-state index contributed by atoms with van der Waals surface area (Å²) in [5.41, 5.74) is 0.747. The molecule has 1 amide bonds. The third kappa shape index (κ3) is 4.54. The average molecular weight is 473 g/mol. The number of piperidine rings is 1. The van der Waals surface area contributed by atoms with Gasteiger partial charge >= 0.3 is 6.18 Å². The molecule has 0 unspecified atom stereocenters. The Balaban J connectivity index is 1.38. The fraction of sp³-hybridized carbons (Fsp3) is 0.368. The molecule has 0 atom stereocenters. The van der Waals surface area contributed by atoms with Crippen LogP contribution in [0.1, 0.15) is 24.2 Å². The molecule has 1 aliphatic heterocycles. The van der Waals surface area contributed by atoms with Crippen molar-refractivity contribution in [1.82, 2.24) is 25.1 Å². The van der Waals surface area contributed by atoms with Crippen molar-refractivity contribution < 1.29 is 18.0 Å². The summed E-state index contributed by atoms with van der Waals surface area (Å²) in [6.45, 7) is 1.24. The summed E-state index contributed by atoms with van der Waals surface area (Å²) in [4.78, 5) is 14.4. The van der Waals surface area contributed by atoms with E-state index in [-0.39, 0.29) is 24.0 Å². The number of hydrogen-bond acceptors (Lipinski definition) is 5. The van der Waals surface area contributed by atoms with Crippen molar-refractivity contribution >= 4 is 40.6 Å². The summed E-state index contributed by atoms with van der Waals surface area (Å²) in [5, 5.41) is 14.5. The van der Waals surface area contributed by atoms with Crippen LogP contribution in [0.25, 0.3) is 5.65 Å². The van der Waals surface area contributed by atoms with Crippen LogP contribution in [0.15, 0.2) is 30.3 Å². The maximum atomic E-state index is 13.1. The first-order valence-corrected chi connectivity index (χ1v) is 10.2. The number of hydrogen-bond donors (Lipinski definition) is 1. The minimum atomic E-state index is -4.65. The van der Waals surface area contributed by atoms with Crippen molar-refractivity contribution in [2.75, 3.05) is 18.0 Å². The average Bonchev–Trinajstić information content (AvgIpc) is 3.18. The summed E-state index contributed by atoms with van der Waals surface area (Å²) in [5.74, 6) is -1.10. The van der Waals surface area contributed by atoms with Crippen LogP contribution in [0.3, 0.4) is 0 Å². The molecular formula is C19H17Cl2F3N6O. The number of rotatable bonds is 4. The normalized spacial score (nSPS) is 15.5. The number of fused-ring (bicyclic) bond motifs is 1. The van der Waals surface area contributed by atoms with Gasteiger partial charge in [0.2, 0.25) is 5.91 Å². The van der Waals surface area contributed by atoms with Crippen LogP contribution in [0.2, 0.25) is 10.0 Å².